The minimum absolute atomic E-state index is 0.113. The molecule has 0 amide bonds. The second-order valence-corrected chi connectivity index (χ2v) is 9.07. The molecule has 0 fully saturated rings. The van der Waals surface area contributed by atoms with Gasteiger partial charge in [0.15, 0.2) is 16.6 Å². The summed E-state index contributed by atoms with van der Waals surface area (Å²) in [5.74, 6) is 1.45. The van der Waals surface area contributed by atoms with E-state index in [4.69, 9.17) is 21.7 Å². The zero-order valence-electron chi connectivity index (χ0n) is 19.8. The molecule has 0 aliphatic carbocycles. The predicted molar refractivity (Wildman–Crippen MR) is 143 cm³/mol. The van der Waals surface area contributed by atoms with Crippen molar-refractivity contribution in [1.29, 1.82) is 0 Å². The normalized spacial score (nSPS) is 12.1. The Hall–Kier alpha value is -3.84. The van der Waals surface area contributed by atoms with Gasteiger partial charge >= 0.3 is 0 Å². The molecule has 1 aliphatic heterocycles. The lowest BCUT2D eigenvalue weighted by Gasteiger charge is -2.26. The molecule has 0 saturated carbocycles. The molecule has 1 aliphatic rings. The zero-order chi connectivity index (χ0) is 24.4. The highest BCUT2D eigenvalue weighted by Crippen LogP contribution is 2.33. The van der Waals surface area contributed by atoms with Crippen molar-refractivity contribution in [1.82, 2.24) is 9.88 Å². The summed E-state index contributed by atoms with van der Waals surface area (Å²) in [4.78, 5) is 18.0. The number of fused-ring (bicyclic) bond motifs is 2. The van der Waals surface area contributed by atoms with Crippen molar-refractivity contribution in [2.24, 2.45) is 0 Å². The Balaban J connectivity index is 1.45. The van der Waals surface area contributed by atoms with Crippen molar-refractivity contribution in [2.75, 3.05) is 12.1 Å². The number of anilines is 1. The summed E-state index contributed by atoms with van der Waals surface area (Å²) < 4.78 is 11.0. The third-order valence-electron chi connectivity index (χ3n) is 6.24. The van der Waals surface area contributed by atoms with Crippen LogP contribution in [0.15, 0.2) is 71.5 Å². The summed E-state index contributed by atoms with van der Waals surface area (Å²) in [5.41, 5.74) is 5.61. The van der Waals surface area contributed by atoms with Crippen LogP contribution in [-0.2, 0) is 19.5 Å². The third kappa shape index (κ3) is 5.00. The van der Waals surface area contributed by atoms with Crippen molar-refractivity contribution in [3.05, 3.63) is 99.3 Å². The first-order valence-corrected chi connectivity index (χ1v) is 12.1. The molecule has 0 atom stereocenters. The first-order chi connectivity index (χ1) is 17.0. The highest BCUT2D eigenvalue weighted by atomic mass is 32.1. The standard InChI is InChI=1S/C28H27N3O3S/c1-3-19-7-10-23(11-8-19)29-28(35)31(15-20-9-12-24-25(13-20)34-17-33-24)16-22-14-21-6-4-5-18(2)26(21)30-27(22)32/h4-14H,3,15-17H2,1-2H3,(H,29,35)(H,30,32). The number of para-hydroxylation sites is 1. The molecule has 0 bridgehead atoms. The minimum Gasteiger partial charge on any atom is -0.454 e. The summed E-state index contributed by atoms with van der Waals surface area (Å²) in [6.07, 6.45) is 0.977. The molecule has 1 aromatic heterocycles. The average Bonchev–Trinajstić information content (AvgIpc) is 3.33. The Kier molecular flexibility index (Phi) is 6.42. The first-order valence-electron chi connectivity index (χ1n) is 11.6. The number of pyridine rings is 1. The summed E-state index contributed by atoms with van der Waals surface area (Å²) in [6.45, 7) is 5.20. The van der Waals surface area contributed by atoms with E-state index in [-0.39, 0.29) is 12.4 Å². The number of aromatic amines is 1. The molecule has 6 nitrogen and oxygen atoms in total. The van der Waals surface area contributed by atoms with E-state index in [9.17, 15) is 4.79 Å². The van der Waals surface area contributed by atoms with E-state index in [1.54, 1.807) is 0 Å². The number of nitrogens with one attached hydrogen (secondary N) is 2. The van der Waals surface area contributed by atoms with Gasteiger partial charge in [-0.25, -0.2) is 0 Å². The summed E-state index contributed by atoms with van der Waals surface area (Å²) in [5, 5.41) is 4.88. The van der Waals surface area contributed by atoms with Crippen molar-refractivity contribution in [2.45, 2.75) is 33.4 Å². The number of ether oxygens (including phenoxy) is 2. The van der Waals surface area contributed by atoms with Gasteiger partial charge < -0.3 is 24.7 Å². The van der Waals surface area contributed by atoms with Crippen molar-refractivity contribution < 1.29 is 9.47 Å². The molecule has 2 N–H and O–H groups in total. The third-order valence-corrected chi connectivity index (χ3v) is 6.60. The molecule has 0 saturated heterocycles. The number of benzene rings is 3. The van der Waals surface area contributed by atoms with Crippen LogP contribution in [0.1, 0.15) is 29.2 Å². The zero-order valence-corrected chi connectivity index (χ0v) is 20.6. The van der Waals surface area contributed by atoms with E-state index < -0.39 is 0 Å². The molecule has 2 heterocycles. The molecule has 0 unspecified atom stereocenters. The molecular formula is C28H27N3O3S. The second-order valence-electron chi connectivity index (χ2n) is 8.69. The largest absolute Gasteiger partial charge is 0.454 e. The number of hydrogen-bond donors (Lipinski definition) is 2. The molecule has 5 rings (SSSR count). The molecule has 0 spiro atoms. The minimum atomic E-state index is -0.113. The summed E-state index contributed by atoms with van der Waals surface area (Å²) in [7, 11) is 0. The van der Waals surface area contributed by atoms with Gasteiger partial charge in [-0.1, -0.05) is 43.3 Å². The molecule has 0 radical (unpaired) electrons. The van der Waals surface area contributed by atoms with Crippen molar-refractivity contribution >= 4 is 33.9 Å². The molecule has 7 heteroatoms. The van der Waals surface area contributed by atoms with Gasteiger partial charge in [0.1, 0.15) is 0 Å². The van der Waals surface area contributed by atoms with Gasteiger partial charge in [0.2, 0.25) is 6.79 Å². The van der Waals surface area contributed by atoms with Gasteiger partial charge in [-0.05, 0) is 78.0 Å². The number of thiocarbonyl (C=S) groups is 1. The van der Waals surface area contributed by atoms with E-state index in [2.05, 4.69) is 29.4 Å². The molecule has 35 heavy (non-hydrogen) atoms. The van der Waals surface area contributed by atoms with Crippen LogP contribution < -0.4 is 20.3 Å². The Morgan fingerprint density at radius 2 is 1.77 bits per heavy atom. The molecule has 4 aromatic rings. The van der Waals surface area contributed by atoms with Crippen LogP contribution in [0.4, 0.5) is 5.69 Å². The van der Waals surface area contributed by atoms with Gasteiger partial charge in [-0.2, -0.15) is 0 Å². The topological polar surface area (TPSA) is 66.6 Å². The molecule has 3 aromatic carbocycles. The van der Waals surface area contributed by atoms with Crippen molar-refractivity contribution in [3.63, 3.8) is 0 Å². The van der Waals surface area contributed by atoms with Crippen LogP contribution in [-0.4, -0.2) is 21.8 Å². The Morgan fingerprint density at radius 3 is 2.57 bits per heavy atom. The quantitative estimate of drug-likeness (QED) is 0.350. The van der Waals surface area contributed by atoms with E-state index >= 15 is 0 Å². The predicted octanol–water partition coefficient (Wildman–Crippen LogP) is 5.53. The van der Waals surface area contributed by atoms with Crippen LogP contribution in [0, 0.1) is 6.92 Å². The number of rotatable bonds is 6. The van der Waals surface area contributed by atoms with Crippen LogP contribution in [0.2, 0.25) is 0 Å². The maximum absolute atomic E-state index is 13.0. The van der Waals surface area contributed by atoms with Crippen LogP contribution in [0.3, 0.4) is 0 Å². The highest BCUT2D eigenvalue weighted by Gasteiger charge is 2.18. The number of aromatic nitrogens is 1. The lowest BCUT2D eigenvalue weighted by Crippen LogP contribution is -2.35. The Labute approximate surface area is 209 Å². The van der Waals surface area contributed by atoms with Gasteiger partial charge in [-0.3, -0.25) is 4.79 Å². The molecule has 178 valence electrons. The average molecular weight is 486 g/mol. The molecular weight excluding hydrogens is 458 g/mol. The van der Waals surface area contributed by atoms with Gasteiger partial charge in [-0.15, -0.1) is 0 Å². The van der Waals surface area contributed by atoms with Gasteiger partial charge in [0.05, 0.1) is 12.1 Å². The smallest absolute Gasteiger partial charge is 0.253 e. The lowest BCUT2D eigenvalue weighted by molar-refractivity contribution is 0.174. The van der Waals surface area contributed by atoms with Crippen molar-refractivity contribution in [3.8, 4) is 11.5 Å². The Morgan fingerprint density at radius 1 is 1.00 bits per heavy atom. The maximum atomic E-state index is 13.0. The number of hydrogen-bond acceptors (Lipinski definition) is 4. The van der Waals surface area contributed by atoms with Gasteiger partial charge in [0, 0.05) is 17.8 Å². The fraction of sp³-hybridized carbons (Fsp3) is 0.214. The van der Waals surface area contributed by atoms with Gasteiger partial charge in [0.25, 0.3) is 5.56 Å². The monoisotopic (exact) mass is 485 g/mol. The highest BCUT2D eigenvalue weighted by molar-refractivity contribution is 7.80. The summed E-state index contributed by atoms with van der Waals surface area (Å²) >= 11 is 5.82. The second kappa shape index (κ2) is 9.80. The fourth-order valence-corrected chi connectivity index (χ4v) is 4.48. The van der Waals surface area contributed by atoms with Crippen LogP contribution in [0.5, 0.6) is 11.5 Å². The summed E-state index contributed by atoms with van der Waals surface area (Å²) in [6, 6.07) is 22.0. The number of aryl methyl sites for hydroxylation is 2. The van der Waals surface area contributed by atoms with E-state index in [0.717, 1.165) is 45.6 Å². The fourth-order valence-electron chi connectivity index (χ4n) is 4.24. The number of nitrogens with zero attached hydrogens (tertiary/aromatic N) is 1. The van der Waals surface area contributed by atoms with E-state index in [0.29, 0.717) is 23.8 Å². The Bertz CT molecular complexity index is 1450. The van der Waals surface area contributed by atoms with Crippen LogP contribution >= 0.6 is 12.2 Å². The maximum Gasteiger partial charge on any atom is 0.253 e. The van der Waals surface area contributed by atoms with E-state index in [1.165, 1.54) is 5.56 Å². The SMILES string of the molecule is CCc1ccc(NC(=S)N(Cc2ccc3c(c2)OCO3)Cc2cc3cccc(C)c3[nH]c2=O)cc1. The van der Waals surface area contributed by atoms with E-state index in [1.807, 2.05) is 66.4 Å². The van der Waals surface area contributed by atoms with Crippen LogP contribution in [0.25, 0.3) is 10.9 Å². The first kappa shape index (κ1) is 22.9. The lowest BCUT2D eigenvalue weighted by atomic mass is 10.1. The number of H-pyrrole nitrogens is 1.